The van der Waals surface area contributed by atoms with Gasteiger partial charge in [-0.25, -0.2) is 0 Å². The molecule has 36 heavy (non-hydrogen) atoms. The normalized spacial score (nSPS) is 26.6. The Bertz CT molecular complexity index is 1770. The van der Waals surface area contributed by atoms with Gasteiger partial charge in [-0.1, -0.05) is 24.3 Å². The molecule has 2 heterocycles. The Balaban J connectivity index is 1.34. The number of pyridine rings is 2. The van der Waals surface area contributed by atoms with Crippen molar-refractivity contribution in [1.29, 1.82) is 0 Å². The minimum Gasteiger partial charge on any atom is -0.255 e. The van der Waals surface area contributed by atoms with Crippen LogP contribution in [0.1, 0.15) is 97.3 Å². The minimum atomic E-state index is 0.721. The first-order valence-electron chi connectivity index (χ1n) is 14.2. The summed E-state index contributed by atoms with van der Waals surface area (Å²) >= 11 is 0. The first-order chi connectivity index (χ1) is 17.8. The SMILES string of the molecule is c1nc2c(cc3ccc4c5ncc6c(c5cc5ccc2c3c54)C2CCC6CC2)c2c1C1CCC2CC1. The highest BCUT2D eigenvalue weighted by Gasteiger charge is 2.36. The van der Waals surface area contributed by atoms with Crippen LogP contribution in [0.15, 0.2) is 48.8 Å². The van der Waals surface area contributed by atoms with Crippen LogP contribution < -0.4 is 0 Å². The van der Waals surface area contributed by atoms with E-state index in [1.165, 1.54) is 105 Å². The molecule has 2 aromatic heterocycles. The monoisotopic (exact) mass is 464 g/mol. The summed E-state index contributed by atoms with van der Waals surface area (Å²) in [5, 5.41) is 11.0. The Kier molecular flexibility index (Phi) is 3.34. The Morgan fingerprint density at radius 3 is 1.33 bits per heavy atom. The maximum Gasteiger partial charge on any atom is 0.0784 e. The third-order valence-corrected chi connectivity index (χ3v) is 10.9. The first-order valence-corrected chi connectivity index (χ1v) is 14.2. The highest BCUT2D eigenvalue weighted by atomic mass is 14.7. The van der Waals surface area contributed by atoms with Gasteiger partial charge >= 0.3 is 0 Å². The second-order valence-electron chi connectivity index (χ2n) is 12.3. The average Bonchev–Trinajstić information content (AvgIpc) is 2.96. The van der Waals surface area contributed by atoms with Crippen LogP contribution in [-0.2, 0) is 0 Å². The second kappa shape index (κ2) is 6.35. The molecule has 2 saturated carbocycles. The van der Waals surface area contributed by atoms with Crippen molar-refractivity contribution in [3.63, 3.8) is 0 Å². The lowest BCUT2D eigenvalue weighted by Crippen LogP contribution is -2.22. The van der Waals surface area contributed by atoms with E-state index in [2.05, 4.69) is 48.8 Å². The minimum absolute atomic E-state index is 0.721. The van der Waals surface area contributed by atoms with Crippen LogP contribution in [-0.4, -0.2) is 9.97 Å². The van der Waals surface area contributed by atoms with Gasteiger partial charge in [-0.3, -0.25) is 9.97 Å². The fourth-order valence-corrected chi connectivity index (χ4v) is 9.28. The molecule has 2 fully saturated rings. The summed E-state index contributed by atoms with van der Waals surface area (Å²) in [6.07, 6.45) is 15.3. The van der Waals surface area contributed by atoms with Gasteiger partial charge in [0.1, 0.15) is 0 Å². The largest absolute Gasteiger partial charge is 0.255 e. The molecule has 0 amide bonds. The third-order valence-electron chi connectivity index (χ3n) is 10.9. The molecule has 6 aliphatic carbocycles. The van der Waals surface area contributed by atoms with Gasteiger partial charge in [-0.05, 0) is 131 Å². The van der Waals surface area contributed by atoms with Crippen molar-refractivity contribution >= 4 is 54.1 Å². The molecular formula is C34H28N2. The molecule has 12 rings (SSSR count). The number of nitrogens with zero attached hydrogens (tertiary/aromatic N) is 2. The summed E-state index contributed by atoms with van der Waals surface area (Å²) in [4.78, 5) is 10.3. The second-order valence-corrected chi connectivity index (χ2v) is 12.3. The zero-order chi connectivity index (χ0) is 23.1. The van der Waals surface area contributed by atoms with E-state index in [0.717, 1.165) is 23.7 Å². The smallest absolute Gasteiger partial charge is 0.0784 e. The van der Waals surface area contributed by atoms with E-state index in [1.54, 1.807) is 22.3 Å². The van der Waals surface area contributed by atoms with Gasteiger partial charge in [0.05, 0.1) is 11.0 Å². The van der Waals surface area contributed by atoms with Gasteiger partial charge in [0.25, 0.3) is 0 Å². The molecule has 2 heteroatoms. The highest BCUT2D eigenvalue weighted by Crippen LogP contribution is 2.54. The third kappa shape index (κ3) is 2.14. The lowest BCUT2D eigenvalue weighted by atomic mass is 9.66. The standard InChI is InChI=1S/C34H28N2/c1-5-19-6-2-17(1)27-15-35-33-23-11-10-22-14-26-30-20-7-3-18(4-8-20)28(30)16-36-34(26)24-12-9-21(31(23)32(22)24)13-25(33)29(19)27/h9-20H,1-8H2. The van der Waals surface area contributed by atoms with Gasteiger partial charge in [-0.15, -0.1) is 0 Å². The molecule has 4 aromatic carbocycles. The highest BCUT2D eigenvalue weighted by molar-refractivity contribution is 6.32. The van der Waals surface area contributed by atoms with Crippen LogP contribution in [0.25, 0.3) is 54.1 Å². The van der Waals surface area contributed by atoms with E-state index in [1.807, 2.05) is 0 Å². The van der Waals surface area contributed by atoms with Crippen molar-refractivity contribution < 1.29 is 0 Å². The lowest BCUT2D eigenvalue weighted by Gasteiger charge is -2.39. The summed E-state index contributed by atoms with van der Waals surface area (Å²) in [6, 6.07) is 14.4. The summed E-state index contributed by atoms with van der Waals surface area (Å²) in [7, 11) is 0. The molecule has 6 aromatic rings. The Labute approximate surface area is 210 Å². The molecular weight excluding hydrogens is 436 g/mol. The molecule has 174 valence electrons. The quantitative estimate of drug-likeness (QED) is 0.165. The summed E-state index contributed by atoms with van der Waals surface area (Å²) in [6.45, 7) is 0. The van der Waals surface area contributed by atoms with Crippen LogP contribution in [0.4, 0.5) is 0 Å². The summed E-state index contributed by atoms with van der Waals surface area (Å²) in [5.74, 6) is 2.90. The number of aromatic nitrogens is 2. The number of fused-ring (bicyclic) bond motifs is 8. The van der Waals surface area contributed by atoms with Gasteiger partial charge in [0, 0.05) is 33.9 Å². The predicted molar refractivity (Wildman–Crippen MR) is 149 cm³/mol. The molecule has 4 bridgehead atoms. The van der Waals surface area contributed by atoms with Crippen molar-refractivity contribution in [2.24, 2.45) is 0 Å². The average molecular weight is 465 g/mol. The summed E-state index contributed by atoms with van der Waals surface area (Å²) < 4.78 is 0. The van der Waals surface area contributed by atoms with E-state index < -0.39 is 0 Å². The zero-order valence-corrected chi connectivity index (χ0v) is 20.5. The summed E-state index contributed by atoms with van der Waals surface area (Å²) in [5.41, 5.74) is 8.76. The maximum absolute atomic E-state index is 5.15. The Morgan fingerprint density at radius 2 is 0.889 bits per heavy atom. The van der Waals surface area contributed by atoms with Crippen LogP contribution >= 0.6 is 0 Å². The molecule has 0 saturated heterocycles. The predicted octanol–water partition coefficient (Wildman–Crippen LogP) is 9.19. The topological polar surface area (TPSA) is 25.8 Å². The molecule has 6 aliphatic rings. The van der Waals surface area contributed by atoms with E-state index in [9.17, 15) is 0 Å². The molecule has 0 N–H and O–H groups in total. The fourth-order valence-electron chi connectivity index (χ4n) is 9.28. The van der Waals surface area contributed by atoms with Crippen molar-refractivity contribution in [2.75, 3.05) is 0 Å². The Hall–Kier alpha value is -3.26. The van der Waals surface area contributed by atoms with E-state index in [4.69, 9.17) is 9.97 Å². The van der Waals surface area contributed by atoms with Crippen molar-refractivity contribution in [2.45, 2.75) is 75.0 Å². The molecule has 0 spiro atoms. The number of benzene rings is 4. The first kappa shape index (κ1) is 18.9. The van der Waals surface area contributed by atoms with Crippen LogP contribution in [0.5, 0.6) is 0 Å². The van der Waals surface area contributed by atoms with Gasteiger partial charge in [-0.2, -0.15) is 0 Å². The number of hydrogen-bond acceptors (Lipinski definition) is 2. The zero-order valence-electron chi connectivity index (χ0n) is 20.5. The van der Waals surface area contributed by atoms with Crippen molar-refractivity contribution in [1.82, 2.24) is 9.97 Å². The van der Waals surface area contributed by atoms with E-state index >= 15 is 0 Å². The molecule has 0 radical (unpaired) electrons. The van der Waals surface area contributed by atoms with E-state index in [0.29, 0.717) is 0 Å². The van der Waals surface area contributed by atoms with Crippen LogP contribution in [0, 0.1) is 0 Å². The lowest BCUT2D eigenvalue weighted by molar-refractivity contribution is 0.360. The van der Waals surface area contributed by atoms with Gasteiger partial charge < -0.3 is 0 Å². The van der Waals surface area contributed by atoms with Crippen molar-refractivity contribution in [3.8, 4) is 0 Å². The van der Waals surface area contributed by atoms with Crippen molar-refractivity contribution in [3.05, 3.63) is 71.0 Å². The molecule has 0 aliphatic heterocycles. The number of rotatable bonds is 0. The van der Waals surface area contributed by atoms with Crippen LogP contribution in [0.2, 0.25) is 0 Å². The molecule has 0 atom stereocenters. The number of hydrogen-bond donors (Lipinski definition) is 0. The fraction of sp³-hybridized carbons (Fsp3) is 0.353. The van der Waals surface area contributed by atoms with Gasteiger partial charge in [0.2, 0.25) is 0 Å². The van der Waals surface area contributed by atoms with Gasteiger partial charge in [0.15, 0.2) is 0 Å². The molecule has 0 unspecified atom stereocenters. The molecule has 2 nitrogen and oxygen atoms in total. The van der Waals surface area contributed by atoms with E-state index in [-0.39, 0.29) is 0 Å². The van der Waals surface area contributed by atoms with Crippen LogP contribution in [0.3, 0.4) is 0 Å². The Morgan fingerprint density at radius 1 is 0.472 bits per heavy atom. The maximum atomic E-state index is 5.15.